The van der Waals surface area contributed by atoms with Gasteiger partial charge < -0.3 is 14.7 Å². The number of aryl methyl sites for hydroxylation is 3. The van der Waals surface area contributed by atoms with Gasteiger partial charge in [0, 0.05) is 17.8 Å². The summed E-state index contributed by atoms with van der Waals surface area (Å²) in [6.07, 6.45) is 1.72. The van der Waals surface area contributed by atoms with Gasteiger partial charge in [-0.2, -0.15) is 4.98 Å². The lowest BCUT2D eigenvalue weighted by Crippen LogP contribution is -2.34. The summed E-state index contributed by atoms with van der Waals surface area (Å²) in [5, 5.41) is 7.16. The summed E-state index contributed by atoms with van der Waals surface area (Å²) in [5.74, 6) is 1.06. The molecule has 4 rings (SSSR count). The van der Waals surface area contributed by atoms with E-state index in [9.17, 15) is 4.79 Å². The molecule has 0 aliphatic carbocycles. The van der Waals surface area contributed by atoms with Gasteiger partial charge in [-0.1, -0.05) is 35.5 Å². The fourth-order valence-electron chi connectivity index (χ4n) is 3.81. The summed E-state index contributed by atoms with van der Waals surface area (Å²) in [6, 6.07) is 13.6. The lowest BCUT2D eigenvalue weighted by Gasteiger charge is -2.22. The van der Waals surface area contributed by atoms with Gasteiger partial charge in [0.1, 0.15) is 6.04 Å². The molecule has 6 nitrogen and oxygen atoms in total. The molecular formula is C22H24N4O2. The van der Waals surface area contributed by atoms with Crippen LogP contribution < -0.4 is 5.32 Å². The summed E-state index contributed by atoms with van der Waals surface area (Å²) in [4.78, 5) is 19.3. The van der Waals surface area contributed by atoms with E-state index in [0.717, 1.165) is 40.8 Å². The van der Waals surface area contributed by atoms with Crippen LogP contribution >= 0.6 is 0 Å². The number of urea groups is 1. The maximum Gasteiger partial charge on any atom is 0.322 e. The van der Waals surface area contributed by atoms with E-state index in [1.807, 2.05) is 57.2 Å². The normalized spacial score (nSPS) is 16.4. The van der Waals surface area contributed by atoms with Crippen molar-refractivity contribution < 1.29 is 9.32 Å². The molecule has 1 fully saturated rings. The first-order valence-corrected chi connectivity index (χ1v) is 9.57. The van der Waals surface area contributed by atoms with Crippen molar-refractivity contribution in [2.45, 2.75) is 39.7 Å². The number of nitrogens with zero attached hydrogens (tertiary/aromatic N) is 3. The molecule has 144 valence electrons. The van der Waals surface area contributed by atoms with E-state index in [1.165, 1.54) is 0 Å². The summed E-state index contributed by atoms with van der Waals surface area (Å²) >= 11 is 0. The Morgan fingerprint density at radius 1 is 1.14 bits per heavy atom. The van der Waals surface area contributed by atoms with E-state index in [1.54, 1.807) is 4.90 Å². The van der Waals surface area contributed by atoms with Gasteiger partial charge in [-0.15, -0.1) is 0 Å². The Hall–Kier alpha value is -3.15. The quantitative estimate of drug-likeness (QED) is 0.696. The number of benzene rings is 2. The summed E-state index contributed by atoms with van der Waals surface area (Å²) in [7, 11) is 0. The highest BCUT2D eigenvalue weighted by molar-refractivity contribution is 5.90. The molecule has 0 spiro atoms. The number of carbonyl (C=O) groups excluding carboxylic acids is 1. The number of amides is 2. The van der Waals surface area contributed by atoms with E-state index in [-0.39, 0.29) is 12.1 Å². The first-order chi connectivity index (χ1) is 13.5. The summed E-state index contributed by atoms with van der Waals surface area (Å²) < 4.78 is 5.54. The number of likely N-dealkylation sites (tertiary alicyclic amines) is 1. The molecule has 1 aromatic heterocycles. The number of hydrogen-bond donors (Lipinski definition) is 1. The molecule has 28 heavy (non-hydrogen) atoms. The second-order valence-electron chi connectivity index (χ2n) is 7.43. The number of hydrogen-bond acceptors (Lipinski definition) is 4. The van der Waals surface area contributed by atoms with E-state index in [2.05, 4.69) is 21.5 Å². The highest BCUT2D eigenvalue weighted by atomic mass is 16.5. The van der Waals surface area contributed by atoms with E-state index in [0.29, 0.717) is 18.3 Å². The van der Waals surface area contributed by atoms with Crippen LogP contribution in [0.15, 0.2) is 47.0 Å². The highest BCUT2D eigenvalue weighted by Gasteiger charge is 2.34. The molecule has 6 heteroatoms. The summed E-state index contributed by atoms with van der Waals surface area (Å²) in [5.41, 5.74) is 5.08. The van der Waals surface area contributed by atoms with Crippen LogP contribution in [0.25, 0.3) is 11.4 Å². The van der Waals surface area contributed by atoms with Gasteiger partial charge in [-0.25, -0.2) is 4.79 Å². The zero-order valence-corrected chi connectivity index (χ0v) is 16.4. The van der Waals surface area contributed by atoms with Crippen LogP contribution in [0, 0.1) is 20.8 Å². The fourth-order valence-corrected chi connectivity index (χ4v) is 3.81. The van der Waals surface area contributed by atoms with Gasteiger partial charge in [0.25, 0.3) is 0 Å². The Morgan fingerprint density at radius 3 is 2.64 bits per heavy atom. The van der Waals surface area contributed by atoms with Crippen molar-refractivity contribution in [3.63, 3.8) is 0 Å². The lowest BCUT2D eigenvalue weighted by molar-refractivity contribution is 0.193. The SMILES string of the molecule is Cc1cc(C)cc(NC(=O)N2CCC[C@H]2c2nc(-c3ccccc3C)no2)c1. The van der Waals surface area contributed by atoms with Gasteiger partial charge in [-0.3, -0.25) is 0 Å². The molecule has 1 saturated heterocycles. The minimum Gasteiger partial charge on any atom is -0.337 e. The molecule has 1 aliphatic rings. The molecule has 2 aromatic carbocycles. The summed E-state index contributed by atoms with van der Waals surface area (Å²) in [6.45, 7) is 6.73. The van der Waals surface area contributed by atoms with E-state index in [4.69, 9.17) is 4.52 Å². The fraction of sp³-hybridized carbons (Fsp3) is 0.318. The van der Waals surface area contributed by atoms with Crippen molar-refractivity contribution in [2.75, 3.05) is 11.9 Å². The molecule has 2 heterocycles. The van der Waals surface area contributed by atoms with Crippen LogP contribution in [0.3, 0.4) is 0 Å². The number of aromatic nitrogens is 2. The van der Waals surface area contributed by atoms with Crippen LogP contribution in [-0.2, 0) is 0 Å². The largest absolute Gasteiger partial charge is 0.337 e. The van der Waals surface area contributed by atoms with Crippen LogP contribution in [0.5, 0.6) is 0 Å². The van der Waals surface area contributed by atoms with Crippen molar-refractivity contribution in [2.24, 2.45) is 0 Å². The second kappa shape index (κ2) is 7.46. The first kappa shape index (κ1) is 18.2. The monoisotopic (exact) mass is 376 g/mol. The molecule has 1 aliphatic heterocycles. The van der Waals surface area contributed by atoms with E-state index < -0.39 is 0 Å². The van der Waals surface area contributed by atoms with Crippen LogP contribution in [-0.4, -0.2) is 27.6 Å². The third-order valence-electron chi connectivity index (χ3n) is 5.10. The average Bonchev–Trinajstić information content (AvgIpc) is 3.30. The number of rotatable bonds is 3. The Bertz CT molecular complexity index is 991. The first-order valence-electron chi connectivity index (χ1n) is 9.57. The molecule has 0 bridgehead atoms. The molecule has 3 aromatic rings. The smallest absolute Gasteiger partial charge is 0.322 e. The number of nitrogens with one attached hydrogen (secondary N) is 1. The third kappa shape index (κ3) is 3.63. The van der Waals surface area contributed by atoms with Gasteiger partial charge in [0.15, 0.2) is 0 Å². The Balaban J connectivity index is 1.54. The average molecular weight is 376 g/mol. The number of anilines is 1. The maximum absolute atomic E-state index is 12.9. The molecule has 1 atom stereocenters. The lowest BCUT2D eigenvalue weighted by atomic mass is 10.1. The molecule has 0 unspecified atom stereocenters. The molecule has 1 N–H and O–H groups in total. The molecule has 2 amide bonds. The van der Waals surface area contributed by atoms with Crippen molar-refractivity contribution in [1.29, 1.82) is 0 Å². The van der Waals surface area contributed by atoms with Crippen LogP contribution in [0.2, 0.25) is 0 Å². The predicted molar refractivity (Wildman–Crippen MR) is 108 cm³/mol. The zero-order chi connectivity index (χ0) is 19.7. The van der Waals surface area contributed by atoms with Crippen molar-refractivity contribution in [3.05, 3.63) is 65.0 Å². The number of carbonyl (C=O) groups is 1. The Morgan fingerprint density at radius 2 is 1.89 bits per heavy atom. The third-order valence-corrected chi connectivity index (χ3v) is 5.10. The minimum atomic E-state index is -0.198. The van der Waals surface area contributed by atoms with Gasteiger partial charge >= 0.3 is 6.03 Å². The van der Waals surface area contributed by atoms with E-state index >= 15 is 0 Å². The van der Waals surface area contributed by atoms with Gasteiger partial charge in [0.2, 0.25) is 11.7 Å². The predicted octanol–water partition coefficient (Wildman–Crippen LogP) is 5.03. The zero-order valence-electron chi connectivity index (χ0n) is 16.4. The van der Waals surface area contributed by atoms with Crippen LogP contribution in [0.4, 0.5) is 10.5 Å². The van der Waals surface area contributed by atoms with Gasteiger partial charge in [0.05, 0.1) is 0 Å². The molecule has 0 radical (unpaired) electrons. The van der Waals surface area contributed by atoms with Gasteiger partial charge in [-0.05, 0) is 62.4 Å². The Labute approximate surface area is 164 Å². The topological polar surface area (TPSA) is 71.3 Å². The van der Waals surface area contributed by atoms with Crippen molar-refractivity contribution >= 4 is 11.7 Å². The second-order valence-corrected chi connectivity index (χ2v) is 7.43. The van der Waals surface area contributed by atoms with Crippen LogP contribution in [0.1, 0.15) is 41.5 Å². The molecular weight excluding hydrogens is 352 g/mol. The highest BCUT2D eigenvalue weighted by Crippen LogP contribution is 2.33. The standard InChI is InChI=1S/C22H24N4O2/c1-14-11-15(2)13-17(12-14)23-22(27)26-10-6-9-19(26)21-24-20(25-28-21)18-8-5-4-7-16(18)3/h4-5,7-8,11-13,19H,6,9-10H2,1-3H3,(H,23,27)/t19-/m0/s1. The minimum absolute atomic E-state index is 0.136. The van der Waals surface area contributed by atoms with Crippen molar-refractivity contribution in [1.82, 2.24) is 15.0 Å². The Kier molecular flexibility index (Phi) is 4.86. The maximum atomic E-state index is 12.9. The van der Waals surface area contributed by atoms with Crippen molar-refractivity contribution in [3.8, 4) is 11.4 Å². The molecule has 0 saturated carbocycles.